The van der Waals surface area contributed by atoms with Gasteiger partial charge in [0.05, 0.1) is 11.6 Å². The molecule has 0 saturated carbocycles. The topological polar surface area (TPSA) is 23.8 Å². The van der Waals surface area contributed by atoms with E-state index in [1.54, 1.807) is 0 Å². The SMILES string of the molecule is Cc1ccc(C#N)c(C2C=CC=CC2C)c1. The van der Waals surface area contributed by atoms with Gasteiger partial charge in [0.1, 0.15) is 0 Å². The minimum atomic E-state index is 0.333. The molecular formula is C15H15N. The van der Waals surface area contributed by atoms with E-state index >= 15 is 0 Å². The highest BCUT2D eigenvalue weighted by Crippen LogP contribution is 2.32. The number of nitrogens with zero attached hydrogens (tertiary/aromatic N) is 1. The van der Waals surface area contributed by atoms with Crippen LogP contribution in [0.25, 0.3) is 0 Å². The molecule has 0 spiro atoms. The molecule has 0 fully saturated rings. The molecule has 80 valence electrons. The Morgan fingerprint density at radius 2 is 1.94 bits per heavy atom. The summed E-state index contributed by atoms with van der Waals surface area (Å²) >= 11 is 0. The molecule has 16 heavy (non-hydrogen) atoms. The molecular weight excluding hydrogens is 194 g/mol. The quantitative estimate of drug-likeness (QED) is 0.691. The van der Waals surface area contributed by atoms with Crippen molar-refractivity contribution in [2.45, 2.75) is 19.8 Å². The second kappa shape index (κ2) is 4.37. The lowest BCUT2D eigenvalue weighted by atomic mass is 9.82. The molecule has 0 bridgehead atoms. The zero-order chi connectivity index (χ0) is 11.5. The Labute approximate surface area is 96.7 Å². The Bertz CT molecular complexity index is 489. The minimum Gasteiger partial charge on any atom is -0.192 e. The van der Waals surface area contributed by atoms with Gasteiger partial charge in [-0.25, -0.2) is 0 Å². The molecule has 0 amide bonds. The van der Waals surface area contributed by atoms with E-state index in [1.807, 2.05) is 12.1 Å². The van der Waals surface area contributed by atoms with Crippen LogP contribution < -0.4 is 0 Å². The normalized spacial score (nSPS) is 23.1. The molecule has 2 unspecified atom stereocenters. The summed E-state index contributed by atoms with van der Waals surface area (Å²) in [5.41, 5.74) is 3.15. The van der Waals surface area contributed by atoms with Crippen LogP contribution in [0.5, 0.6) is 0 Å². The van der Waals surface area contributed by atoms with Crippen molar-refractivity contribution in [2.75, 3.05) is 0 Å². The molecule has 0 aliphatic heterocycles. The van der Waals surface area contributed by atoms with Crippen LogP contribution in [-0.2, 0) is 0 Å². The summed E-state index contributed by atoms with van der Waals surface area (Å²) in [7, 11) is 0. The summed E-state index contributed by atoms with van der Waals surface area (Å²) in [4.78, 5) is 0. The van der Waals surface area contributed by atoms with Crippen molar-refractivity contribution in [1.29, 1.82) is 5.26 Å². The van der Waals surface area contributed by atoms with Gasteiger partial charge in [-0.2, -0.15) is 5.26 Å². The Hall–Kier alpha value is -1.81. The third-order valence-electron chi connectivity index (χ3n) is 3.10. The summed E-state index contributed by atoms with van der Waals surface area (Å²) in [6.45, 7) is 4.26. The first-order valence-electron chi connectivity index (χ1n) is 5.58. The number of benzene rings is 1. The summed E-state index contributed by atoms with van der Waals surface area (Å²) in [6.07, 6.45) is 8.51. The predicted octanol–water partition coefficient (Wildman–Crippen LogP) is 3.71. The summed E-state index contributed by atoms with van der Waals surface area (Å²) in [5.74, 6) is 0.790. The van der Waals surface area contributed by atoms with Crippen LogP contribution in [0.4, 0.5) is 0 Å². The Morgan fingerprint density at radius 1 is 1.19 bits per heavy atom. The highest BCUT2D eigenvalue weighted by atomic mass is 14.3. The molecule has 1 aromatic carbocycles. The van der Waals surface area contributed by atoms with Gasteiger partial charge in [-0.05, 0) is 24.5 Å². The Kier molecular flexibility index (Phi) is 2.92. The molecule has 2 atom stereocenters. The fraction of sp³-hybridized carbons (Fsp3) is 0.267. The molecule has 0 saturated heterocycles. The standard InChI is InChI=1S/C15H15N/c1-11-7-8-13(10-16)15(9-11)14-6-4-3-5-12(14)2/h3-9,12,14H,1-2H3. The summed E-state index contributed by atoms with van der Waals surface area (Å²) < 4.78 is 0. The van der Waals surface area contributed by atoms with Crippen molar-refractivity contribution < 1.29 is 0 Å². The molecule has 1 aliphatic carbocycles. The largest absolute Gasteiger partial charge is 0.192 e. The number of hydrogen-bond acceptors (Lipinski definition) is 1. The Morgan fingerprint density at radius 3 is 2.62 bits per heavy atom. The average molecular weight is 209 g/mol. The highest BCUT2D eigenvalue weighted by Gasteiger charge is 2.19. The maximum Gasteiger partial charge on any atom is 0.0994 e. The maximum atomic E-state index is 9.13. The van der Waals surface area contributed by atoms with Gasteiger partial charge in [-0.15, -0.1) is 0 Å². The van der Waals surface area contributed by atoms with E-state index in [2.05, 4.69) is 50.3 Å². The van der Waals surface area contributed by atoms with Crippen LogP contribution in [0.15, 0.2) is 42.5 Å². The fourth-order valence-corrected chi connectivity index (χ4v) is 2.16. The third-order valence-corrected chi connectivity index (χ3v) is 3.10. The van der Waals surface area contributed by atoms with E-state index in [9.17, 15) is 0 Å². The van der Waals surface area contributed by atoms with Crippen LogP contribution in [-0.4, -0.2) is 0 Å². The van der Waals surface area contributed by atoms with E-state index in [1.165, 1.54) is 5.56 Å². The molecule has 0 heterocycles. The Balaban J connectivity index is 2.47. The second-order valence-corrected chi connectivity index (χ2v) is 4.36. The van der Waals surface area contributed by atoms with E-state index in [-0.39, 0.29) is 0 Å². The number of rotatable bonds is 1. The summed E-state index contributed by atoms with van der Waals surface area (Å²) in [6, 6.07) is 8.33. The number of nitriles is 1. The van der Waals surface area contributed by atoms with Gasteiger partial charge in [0.15, 0.2) is 0 Å². The van der Waals surface area contributed by atoms with Crippen molar-refractivity contribution >= 4 is 0 Å². The van der Waals surface area contributed by atoms with Crippen LogP contribution in [0.1, 0.15) is 29.5 Å². The monoisotopic (exact) mass is 209 g/mol. The van der Waals surface area contributed by atoms with Crippen molar-refractivity contribution in [3.8, 4) is 6.07 Å². The van der Waals surface area contributed by atoms with Crippen molar-refractivity contribution in [1.82, 2.24) is 0 Å². The molecule has 1 aliphatic rings. The zero-order valence-corrected chi connectivity index (χ0v) is 9.64. The van der Waals surface area contributed by atoms with Gasteiger partial charge in [0.25, 0.3) is 0 Å². The third kappa shape index (κ3) is 1.92. The van der Waals surface area contributed by atoms with Gasteiger partial charge in [0, 0.05) is 5.92 Å². The lowest BCUT2D eigenvalue weighted by Gasteiger charge is -2.22. The first kappa shape index (κ1) is 10.7. The lowest BCUT2D eigenvalue weighted by Crippen LogP contribution is -2.09. The first-order chi connectivity index (χ1) is 7.72. The number of allylic oxidation sites excluding steroid dienone is 4. The second-order valence-electron chi connectivity index (χ2n) is 4.36. The van der Waals surface area contributed by atoms with Gasteiger partial charge in [0.2, 0.25) is 0 Å². The molecule has 1 heteroatoms. The molecule has 0 aromatic heterocycles. The van der Waals surface area contributed by atoms with Gasteiger partial charge in [-0.1, -0.05) is 48.9 Å². The predicted molar refractivity (Wildman–Crippen MR) is 66.1 cm³/mol. The van der Waals surface area contributed by atoms with Crippen LogP contribution in [0.2, 0.25) is 0 Å². The van der Waals surface area contributed by atoms with Crippen LogP contribution in [0, 0.1) is 24.2 Å². The number of hydrogen-bond donors (Lipinski definition) is 0. The zero-order valence-electron chi connectivity index (χ0n) is 9.64. The molecule has 0 radical (unpaired) electrons. The number of aryl methyl sites for hydroxylation is 1. The van der Waals surface area contributed by atoms with E-state index in [4.69, 9.17) is 5.26 Å². The van der Waals surface area contributed by atoms with E-state index in [0.29, 0.717) is 11.8 Å². The maximum absolute atomic E-state index is 9.13. The fourth-order valence-electron chi connectivity index (χ4n) is 2.16. The van der Waals surface area contributed by atoms with E-state index < -0.39 is 0 Å². The van der Waals surface area contributed by atoms with Gasteiger partial charge < -0.3 is 0 Å². The van der Waals surface area contributed by atoms with Crippen molar-refractivity contribution in [3.05, 3.63) is 59.2 Å². The van der Waals surface area contributed by atoms with Crippen molar-refractivity contribution in [2.24, 2.45) is 5.92 Å². The van der Waals surface area contributed by atoms with E-state index in [0.717, 1.165) is 11.1 Å². The first-order valence-corrected chi connectivity index (χ1v) is 5.58. The van der Waals surface area contributed by atoms with Gasteiger partial charge in [-0.3, -0.25) is 0 Å². The minimum absolute atomic E-state index is 0.333. The highest BCUT2D eigenvalue weighted by molar-refractivity contribution is 5.45. The summed E-state index contributed by atoms with van der Waals surface area (Å²) in [5, 5.41) is 9.13. The molecule has 2 rings (SSSR count). The van der Waals surface area contributed by atoms with Crippen LogP contribution in [0.3, 0.4) is 0 Å². The molecule has 1 aromatic rings. The lowest BCUT2D eigenvalue weighted by molar-refractivity contribution is 0.634. The molecule has 1 nitrogen and oxygen atoms in total. The smallest absolute Gasteiger partial charge is 0.0994 e. The van der Waals surface area contributed by atoms with Crippen molar-refractivity contribution in [3.63, 3.8) is 0 Å². The van der Waals surface area contributed by atoms with Crippen LogP contribution >= 0.6 is 0 Å². The molecule has 0 N–H and O–H groups in total. The van der Waals surface area contributed by atoms with Gasteiger partial charge >= 0.3 is 0 Å². The average Bonchev–Trinajstić information content (AvgIpc) is 2.29.